The molecule has 0 N–H and O–H groups in total. The molecule has 0 radical (unpaired) electrons. The van der Waals surface area contributed by atoms with Crippen LogP contribution in [0.4, 0.5) is 13.2 Å². The van der Waals surface area contributed by atoms with Gasteiger partial charge in [-0.05, 0) is 23.8 Å². The van der Waals surface area contributed by atoms with Crippen molar-refractivity contribution in [1.29, 1.82) is 0 Å². The Kier molecular flexibility index (Phi) is 3.45. The average Bonchev–Trinajstić information content (AvgIpc) is 2.33. The van der Waals surface area contributed by atoms with E-state index in [2.05, 4.69) is 15.0 Å². The van der Waals surface area contributed by atoms with Crippen LogP contribution >= 0.6 is 0 Å². The maximum atomic E-state index is 11.8. The molecule has 0 spiro atoms. The molecule has 0 saturated heterocycles. The molecular formula is C12H9F3N2O. The van der Waals surface area contributed by atoms with Gasteiger partial charge in [0.05, 0.1) is 11.7 Å². The van der Waals surface area contributed by atoms with Gasteiger partial charge in [0.2, 0.25) is 6.61 Å². The number of aromatic nitrogens is 1. The number of halogens is 3. The predicted octanol–water partition coefficient (Wildman–Crippen LogP) is 3.15. The van der Waals surface area contributed by atoms with Crippen LogP contribution in [0.25, 0.3) is 10.9 Å². The summed E-state index contributed by atoms with van der Waals surface area (Å²) >= 11 is 0. The van der Waals surface area contributed by atoms with Crippen LogP contribution in [0.2, 0.25) is 0 Å². The molecule has 94 valence electrons. The molecule has 1 aromatic heterocycles. The third kappa shape index (κ3) is 3.44. The first kappa shape index (κ1) is 12.3. The highest BCUT2D eigenvalue weighted by atomic mass is 19.4. The summed E-state index contributed by atoms with van der Waals surface area (Å²) in [6.07, 6.45) is -1.47. The summed E-state index contributed by atoms with van der Waals surface area (Å²) in [4.78, 5) is 8.27. The standard InChI is InChI=1S/C12H9F3N2O/c13-12(14,15)8-18-17-7-9-3-4-11-10(6-9)2-1-5-16-11/h1-7H,8H2. The van der Waals surface area contributed by atoms with E-state index in [1.54, 1.807) is 30.5 Å². The predicted molar refractivity (Wildman–Crippen MR) is 61.3 cm³/mol. The third-order valence-electron chi connectivity index (χ3n) is 2.13. The number of hydrogen-bond acceptors (Lipinski definition) is 3. The van der Waals surface area contributed by atoms with Crippen LogP contribution in [0.15, 0.2) is 41.7 Å². The second kappa shape index (κ2) is 5.03. The molecule has 0 unspecified atom stereocenters. The van der Waals surface area contributed by atoms with Gasteiger partial charge in [0.1, 0.15) is 0 Å². The summed E-state index contributed by atoms with van der Waals surface area (Å²) < 4.78 is 35.3. The molecule has 0 aliphatic rings. The molecule has 0 atom stereocenters. The minimum Gasteiger partial charge on any atom is -0.386 e. The number of hydrogen-bond donors (Lipinski definition) is 0. The highest BCUT2D eigenvalue weighted by Crippen LogP contribution is 2.15. The quantitative estimate of drug-likeness (QED) is 0.623. The number of oxime groups is 1. The van der Waals surface area contributed by atoms with Gasteiger partial charge in [0.25, 0.3) is 0 Å². The van der Waals surface area contributed by atoms with Gasteiger partial charge in [-0.2, -0.15) is 13.2 Å². The Hall–Kier alpha value is -2.11. The molecule has 0 aliphatic carbocycles. The summed E-state index contributed by atoms with van der Waals surface area (Å²) in [5.74, 6) is 0. The lowest BCUT2D eigenvalue weighted by Gasteiger charge is -2.03. The first-order valence-corrected chi connectivity index (χ1v) is 5.11. The number of alkyl halides is 3. The van der Waals surface area contributed by atoms with E-state index in [0.717, 1.165) is 10.9 Å². The molecule has 0 aliphatic heterocycles. The fourth-order valence-corrected chi connectivity index (χ4v) is 1.38. The van der Waals surface area contributed by atoms with E-state index >= 15 is 0 Å². The maximum absolute atomic E-state index is 11.8. The molecule has 1 aromatic carbocycles. The number of nitrogens with zero attached hydrogens (tertiary/aromatic N) is 2. The summed E-state index contributed by atoms with van der Waals surface area (Å²) in [5.41, 5.74) is 1.46. The van der Waals surface area contributed by atoms with Crippen LogP contribution in [-0.2, 0) is 4.84 Å². The van der Waals surface area contributed by atoms with Gasteiger partial charge >= 0.3 is 6.18 Å². The maximum Gasteiger partial charge on any atom is 0.425 e. The van der Waals surface area contributed by atoms with Crippen LogP contribution in [0.3, 0.4) is 0 Å². The van der Waals surface area contributed by atoms with Crippen molar-refractivity contribution in [3.05, 3.63) is 42.1 Å². The van der Waals surface area contributed by atoms with Crippen LogP contribution in [0.5, 0.6) is 0 Å². The Balaban J connectivity index is 2.05. The Labute approximate surface area is 101 Å². The molecule has 6 heteroatoms. The zero-order valence-corrected chi connectivity index (χ0v) is 9.19. The van der Waals surface area contributed by atoms with Gasteiger partial charge in [-0.3, -0.25) is 4.98 Å². The van der Waals surface area contributed by atoms with E-state index in [1.165, 1.54) is 6.21 Å². The van der Waals surface area contributed by atoms with Crippen LogP contribution in [0, 0.1) is 0 Å². The number of fused-ring (bicyclic) bond motifs is 1. The van der Waals surface area contributed by atoms with Crippen molar-refractivity contribution < 1.29 is 18.0 Å². The monoisotopic (exact) mass is 254 g/mol. The average molecular weight is 254 g/mol. The van der Waals surface area contributed by atoms with Gasteiger partial charge in [0, 0.05) is 11.6 Å². The van der Waals surface area contributed by atoms with Crippen molar-refractivity contribution in [2.45, 2.75) is 6.18 Å². The molecule has 3 nitrogen and oxygen atoms in total. The van der Waals surface area contributed by atoms with E-state index in [-0.39, 0.29) is 0 Å². The molecule has 0 bridgehead atoms. The second-order valence-corrected chi connectivity index (χ2v) is 3.58. The molecule has 0 amide bonds. The van der Waals surface area contributed by atoms with Gasteiger partial charge in [-0.15, -0.1) is 0 Å². The molecule has 0 saturated carbocycles. The largest absolute Gasteiger partial charge is 0.425 e. The van der Waals surface area contributed by atoms with Crippen LogP contribution < -0.4 is 0 Å². The number of rotatable bonds is 3. The number of benzene rings is 1. The van der Waals surface area contributed by atoms with Gasteiger partial charge < -0.3 is 4.84 Å². The van der Waals surface area contributed by atoms with Crippen LogP contribution in [0.1, 0.15) is 5.56 Å². The van der Waals surface area contributed by atoms with E-state index in [0.29, 0.717) is 5.56 Å². The summed E-state index contributed by atoms with van der Waals surface area (Å²) in [6, 6.07) is 8.87. The lowest BCUT2D eigenvalue weighted by Crippen LogP contribution is -2.14. The minimum absolute atomic E-state index is 0.651. The van der Waals surface area contributed by atoms with Gasteiger partial charge in [0.15, 0.2) is 0 Å². The van der Waals surface area contributed by atoms with Gasteiger partial charge in [-0.1, -0.05) is 17.3 Å². The van der Waals surface area contributed by atoms with E-state index in [4.69, 9.17) is 0 Å². The van der Waals surface area contributed by atoms with Crippen molar-refractivity contribution in [3.8, 4) is 0 Å². The highest BCUT2D eigenvalue weighted by molar-refractivity contribution is 5.88. The molecule has 1 heterocycles. The van der Waals surface area contributed by atoms with Crippen molar-refractivity contribution in [2.75, 3.05) is 6.61 Å². The SMILES string of the molecule is FC(F)(F)CON=Cc1ccc2ncccc2c1. The molecule has 0 fully saturated rings. The Morgan fingerprint density at radius 1 is 1.28 bits per heavy atom. The topological polar surface area (TPSA) is 34.5 Å². The third-order valence-corrected chi connectivity index (χ3v) is 2.13. The van der Waals surface area contributed by atoms with Gasteiger partial charge in [-0.25, -0.2) is 0 Å². The second-order valence-electron chi connectivity index (χ2n) is 3.58. The number of pyridine rings is 1. The zero-order valence-electron chi connectivity index (χ0n) is 9.19. The fraction of sp³-hybridized carbons (Fsp3) is 0.167. The molecule has 18 heavy (non-hydrogen) atoms. The first-order valence-electron chi connectivity index (χ1n) is 5.11. The Bertz CT molecular complexity index is 566. The Morgan fingerprint density at radius 2 is 2.11 bits per heavy atom. The van der Waals surface area contributed by atoms with E-state index in [1.807, 2.05) is 6.07 Å². The van der Waals surface area contributed by atoms with Crippen molar-refractivity contribution in [1.82, 2.24) is 4.98 Å². The fourth-order valence-electron chi connectivity index (χ4n) is 1.38. The van der Waals surface area contributed by atoms with Crippen molar-refractivity contribution in [2.24, 2.45) is 5.16 Å². The summed E-state index contributed by atoms with van der Waals surface area (Å²) in [6.45, 7) is -1.39. The molecule has 2 rings (SSSR count). The smallest absolute Gasteiger partial charge is 0.386 e. The normalized spacial score (nSPS) is 12.2. The zero-order chi connectivity index (χ0) is 13.0. The van der Waals surface area contributed by atoms with Crippen molar-refractivity contribution >= 4 is 17.1 Å². The lowest BCUT2D eigenvalue weighted by atomic mass is 10.1. The van der Waals surface area contributed by atoms with Crippen molar-refractivity contribution in [3.63, 3.8) is 0 Å². The van der Waals surface area contributed by atoms with E-state index in [9.17, 15) is 13.2 Å². The summed E-state index contributed by atoms with van der Waals surface area (Å²) in [7, 11) is 0. The Morgan fingerprint density at radius 3 is 2.89 bits per heavy atom. The molecular weight excluding hydrogens is 245 g/mol. The molecule has 2 aromatic rings. The highest BCUT2D eigenvalue weighted by Gasteiger charge is 2.28. The van der Waals surface area contributed by atoms with Crippen LogP contribution in [-0.4, -0.2) is 24.0 Å². The minimum atomic E-state index is -4.37. The first-order chi connectivity index (χ1) is 8.54. The lowest BCUT2D eigenvalue weighted by molar-refractivity contribution is -0.173. The summed E-state index contributed by atoms with van der Waals surface area (Å²) in [5, 5.41) is 4.15. The van der Waals surface area contributed by atoms with E-state index < -0.39 is 12.8 Å².